The number of nitrogens with one attached hydrogen (secondary N) is 1. The van der Waals surface area contributed by atoms with Crippen molar-refractivity contribution in [1.29, 1.82) is 0 Å². The lowest BCUT2D eigenvalue weighted by Gasteiger charge is -2.08. The standard InChI is InChI=1S/C10H11N5O2S/c1-4(8(12)16)15-9(17)7-5(11)6-10(18-7)14-3-2-13-6/h2-4H,11H2,1H3,(H2,12,16)(H,15,17). The molecule has 1 atom stereocenters. The third-order valence-electron chi connectivity index (χ3n) is 2.34. The monoisotopic (exact) mass is 265 g/mol. The zero-order valence-electron chi connectivity index (χ0n) is 9.51. The molecular weight excluding hydrogens is 254 g/mol. The fraction of sp³-hybridized carbons (Fsp3) is 0.200. The van der Waals surface area contributed by atoms with Crippen LogP contribution in [0.3, 0.4) is 0 Å². The van der Waals surface area contributed by atoms with Crippen LogP contribution in [-0.4, -0.2) is 27.8 Å². The lowest BCUT2D eigenvalue weighted by molar-refractivity contribution is -0.119. The summed E-state index contributed by atoms with van der Waals surface area (Å²) in [4.78, 5) is 31.8. The molecule has 0 saturated heterocycles. The lowest BCUT2D eigenvalue weighted by Crippen LogP contribution is -2.42. The number of fused-ring (bicyclic) bond motifs is 1. The van der Waals surface area contributed by atoms with Gasteiger partial charge >= 0.3 is 0 Å². The SMILES string of the molecule is CC(NC(=O)c1sc2nccnc2c1N)C(N)=O. The number of rotatable bonds is 3. The van der Waals surface area contributed by atoms with Gasteiger partial charge in [0, 0.05) is 12.4 Å². The van der Waals surface area contributed by atoms with E-state index in [0.29, 0.717) is 10.3 Å². The van der Waals surface area contributed by atoms with E-state index in [1.165, 1.54) is 19.3 Å². The van der Waals surface area contributed by atoms with E-state index in [2.05, 4.69) is 15.3 Å². The van der Waals surface area contributed by atoms with Crippen molar-refractivity contribution in [3.63, 3.8) is 0 Å². The zero-order chi connectivity index (χ0) is 13.3. The Morgan fingerprint density at radius 3 is 2.67 bits per heavy atom. The van der Waals surface area contributed by atoms with E-state index in [4.69, 9.17) is 11.5 Å². The highest BCUT2D eigenvalue weighted by atomic mass is 32.1. The van der Waals surface area contributed by atoms with Gasteiger partial charge in [0.15, 0.2) is 0 Å². The average molecular weight is 265 g/mol. The minimum Gasteiger partial charge on any atom is -0.396 e. The van der Waals surface area contributed by atoms with E-state index in [1.54, 1.807) is 0 Å². The van der Waals surface area contributed by atoms with Crippen LogP contribution in [0, 0.1) is 0 Å². The molecule has 0 fully saturated rings. The van der Waals surface area contributed by atoms with Gasteiger partial charge in [0.2, 0.25) is 5.91 Å². The molecule has 5 N–H and O–H groups in total. The van der Waals surface area contributed by atoms with Gasteiger partial charge < -0.3 is 16.8 Å². The molecule has 0 spiro atoms. The Bertz CT molecular complexity index is 624. The number of hydrogen-bond acceptors (Lipinski definition) is 6. The highest BCUT2D eigenvalue weighted by Gasteiger charge is 2.20. The summed E-state index contributed by atoms with van der Waals surface area (Å²) in [5.74, 6) is -1.07. The second kappa shape index (κ2) is 4.57. The first-order chi connectivity index (χ1) is 8.50. The molecule has 18 heavy (non-hydrogen) atoms. The van der Waals surface area contributed by atoms with Crippen molar-refractivity contribution < 1.29 is 9.59 Å². The molecule has 2 heterocycles. The van der Waals surface area contributed by atoms with E-state index in [1.807, 2.05) is 0 Å². The second-order valence-electron chi connectivity index (χ2n) is 3.65. The summed E-state index contributed by atoms with van der Waals surface area (Å²) in [6.45, 7) is 1.50. The minimum atomic E-state index is -0.761. The Balaban J connectivity index is 2.34. The number of amides is 2. The first-order valence-electron chi connectivity index (χ1n) is 5.10. The molecule has 0 aliphatic carbocycles. The van der Waals surface area contributed by atoms with E-state index in [-0.39, 0.29) is 10.6 Å². The molecule has 0 radical (unpaired) electrons. The number of thiophene rings is 1. The van der Waals surface area contributed by atoms with Gasteiger partial charge in [0.05, 0.1) is 5.69 Å². The quantitative estimate of drug-likeness (QED) is 0.713. The molecule has 8 heteroatoms. The summed E-state index contributed by atoms with van der Waals surface area (Å²) in [6, 6.07) is -0.761. The molecule has 94 valence electrons. The van der Waals surface area contributed by atoms with Gasteiger partial charge in [-0.1, -0.05) is 0 Å². The van der Waals surface area contributed by atoms with E-state index < -0.39 is 17.9 Å². The summed E-state index contributed by atoms with van der Waals surface area (Å²) in [5.41, 5.74) is 11.6. The average Bonchev–Trinajstić information content (AvgIpc) is 2.67. The van der Waals surface area contributed by atoms with Crippen LogP contribution in [0.5, 0.6) is 0 Å². The fourth-order valence-corrected chi connectivity index (χ4v) is 2.27. The maximum atomic E-state index is 11.9. The summed E-state index contributed by atoms with van der Waals surface area (Å²) < 4.78 is 0. The van der Waals surface area contributed by atoms with Crippen molar-refractivity contribution >= 4 is 39.2 Å². The normalized spacial score (nSPS) is 12.3. The summed E-state index contributed by atoms with van der Waals surface area (Å²) in [7, 11) is 0. The molecule has 2 rings (SSSR count). The van der Waals surface area contributed by atoms with Crippen molar-refractivity contribution in [2.24, 2.45) is 5.73 Å². The Kier molecular flexibility index (Phi) is 3.11. The Labute approximate surface area is 106 Å². The first kappa shape index (κ1) is 12.2. The van der Waals surface area contributed by atoms with Gasteiger partial charge in [-0.05, 0) is 6.92 Å². The predicted octanol–water partition coefficient (Wildman–Crippen LogP) is -0.123. The van der Waals surface area contributed by atoms with Crippen LogP contribution in [-0.2, 0) is 4.79 Å². The van der Waals surface area contributed by atoms with Crippen LogP contribution in [0.2, 0.25) is 0 Å². The van der Waals surface area contributed by atoms with E-state index >= 15 is 0 Å². The number of primary amides is 1. The van der Waals surface area contributed by atoms with Gasteiger partial charge in [-0.3, -0.25) is 9.59 Å². The highest BCUT2D eigenvalue weighted by Crippen LogP contribution is 2.30. The molecule has 0 bridgehead atoms. The third kappa shape index (κ3) is 2.09. The molecule has 2 aromatic heterocycles. The van der Waals surface area contributed by atoms with Gasteiger partial charge in [-0.15, -0.1) is 11.3 Å². The number of nitrogens with two attached hydrogens (primary N) is 2. The number of nitrogen functional groups attached to an aromatic ring is 1. The van der Waals surface area contributed by atoms with Crippen LogP contribution in [0.4, 0.5) is 5.69 Å². The summed E-state index contributed by atoms with van der Waals surface area (Å²) >= 11 is 1.12. The molecule has 0 aliphatic rings. The molecule has 0 aliphatic heterocycles. The van der Waals surface area contributed by atoms with Crippen LogP contribution >= 0.6 is 11.3 Å². The second-order valence-corrected chi connectivity index (χ2v) is 4.65. The van der Waals surface area contributed by atoms with Crippen LogP contribution < -0.4 is 16.8 Å². The third-order valence-corrected chi connectivity index (χ3v) is 3.45. The number of aromatic nitrogens is 2. The molecule has 2 aromatic rings. The van der Waals surface area contributed by atoms with Gasteiger partial charge in [-0.25, -0.2) is 9.97 Å². The van der Waals surface area contributed by atoms with Gasteiger partial charge in [0.25, 0.3) is 5.91 Å². The first-order valence-corrected chi connectivity index (χ1v) is 5.91. The molecule has 1 unspecified atom stereocenters. The van der Waals surface area contributed by atoms with Crippen molar-refractivity contribution in [3.8, 4) is 0 Å². The van der Waals surface area contributed by atoms with Gasteiger partial charge in [0.1, 0.15) is 21.3 Å². The van der Waals surface area contributed by atoms with Crippen LogP contribution in [0.1, 0.15) is 16.6 Å². The fourth-order valence-electron chi connectivity index (χ4n) is 1.35. The Morgan fingerprint density at radius 1 is 1.39 bits per heavy atom. The number of anilines is 1. The number of hydrogen-bond donors (Lipinski definition) is 3. The van der Waals surface area contributed by atoms with Crippen molar-refractivity contribution in [2.75, 3.05) is 5.73 Å². The molecule has 0 saturated carbocycles. The minimum absolute atomic E-state index is 0.261. The van der Waals surface area contributed by atoms with Crippen LogP contribution in [0.25, 0.3) is 10.3 Å². The Hall–Kier alpha value is -2.22. The predicted molar refractivity (Wildman–Crippen MR) is 68.0 cm³/mol. The van der Waals surface area contributed by atoms with E-state index in [0.717, 1.165) is 11.3 Å². The smallest absolute Gasteiger partial charge is 0.264 e. The maximum Gasteiger partial charge on any atom is 0.264 e. The van der Waals surface area contributed by atoms with Crippen molar-refractivity contribution in [1.82, 2.24) is 15.3 Å². The largest absolute Gasteiger partial charge is 0.396 e. The molecule has 2 amide bonds. The number of carbonyl (C=O) groups is 2. The van der Waals surface area contributed by atoms with Crippen molar-refractivity contribution in [3.05, 3.63) is 17.3 Å². The molecular formula is C10H11N5O2S. The number of nitrogens with zero attached hydrogens (tertiary/aromatic N) is 2. The van der Waals surface area contributed by atoms with E-state index in [9.17, 15) is 9.59 Å². The van der Waals surface area contributed by atoms with Gasteiger partial charge in [-0.2, -0.15) is 0 Å². The molecule has 7 nitrogen and oxygen atoms in total. The number of carbonyl (C=O) groups excluding carboxylic acids is 2. The van der Waals surface area contributed by atoms with Crippen LogP contribution in [0.15, 0.2) is 12.4 Å². The highest BCUT2D eigenvalue weighted by molar-refractivity contribution is 7.21. The zero-order valence-corrected chi connectivity index (χ0v) is 10.3. The van der Waals surface area contributed by atoms with Crippen molar-refractivity contribution in [2.45, 2.75) is 13.0 Å². The topological polar surface area (TPSA) is 124 Å². The molecule has 0 aromatic carbocycles. The summed E-state index contributed by atoms with van der Waals surface area (Å²) in [5, 5.41) is 2.46. The maximum absolute atomic E-state index is 11.9. The Morgan fingerprint density at radius 2 is 2.06 bits per heavy atom. The lowest BCUT2D eigenvalue weighted by atomic mass is 10.3. The summed E-state index contributed by atoms with van der Waals surface area (Å²) in [6.07, 6.45) is 3.02.